The van der Waals surface area contributed by atoms with Gasteiger partial charge in [0.1, 0.15) is 5.75 Å². The van der Waals surface area contributed by atoms with Gasteiger partial charge in [-0.3, -0.25) is 0 Å². The number of ether oxygens (including phenoxy) is 1. The topological polar surface area (TPSA) is 33.0 Å². The molecular formula is C17H13F2NO. The van der Waals surface area contributed by atoms with Gasteiger partial charge in [-0.1, -0.05) is 30.3 Å². The van der Waals surface area contributed by atoms with E-state index in [1.807, 2.05) is 18.2 Å². The number of para-hydroxylation sites is 1. The SMILES string of the molecule is N#CC1(Cc2cccc(F)c2F)CCOc2ccccc21. The molecule has 0 N–H and O–H groups in total. The predicted molar refractivity (Wildman–Crippen MR) is 73.9 cm³/mol. The van der Waals surface area contributed by atoms with Gasteiger partial charge < -0.3 is 4.74 Å². The lowest BCUT2D eigenvalue weighted by Gasteiger charge is -2.33. The second kappa shape index (κ2) is 5.17. The van der Waals surface area contributed by atoms with Crippen molar-refractivity contribution in [2.45, 2.75) is 18.3 Å². The molecule has 21 heavy (non-hydrogen) atoms. The maximum atomic E-state index is 13.9. The fourth-order valence-electron chi connectivity index (χ4n) is 2.81. The maximum Gasteiger partial charge on any atom is 0.162 e. The van der Waals surface area contributed by atoms with Crippen LogP contribution in [0, 0.1) is 23.0 Å². The standard InChI is InChI=1S/C17H13F2NO/c18-14-6-3-4-12(16(14)19)10-17(11-20)8-9-21-15-7-2-1-5-13(15)17/h1-7H,8-10H2. The third kappa shape index (κ3) is 2.25. The zero-order valence-electron chi connectivity index (χ0n) is 11.3. The molecule has 0 saturated carbocycles. The van der Waals surface area contributed by atoms with Gasteiger partial charge in [-0.05, 0) is 24.1 Å². The molecule has 2 aromatic carbocycles. The van der Waals surface area contributed by atoms with E-state index in [1.54, 1.807) is 6.07 Å². The Hall–Kier alpha value is -2.41. The van der Waals surface area contributed by atoms with E-state index in [0.29, 0.717) is 18.8 Å². The Balaban J connectivity index is 2.07. The molecular weight excluding hydrogens is 272 g/mol. The van der Waals surface area contributed by atoms with Crippen LogP contribution in [0.1, 0.15) is 17.5 Å². The molecule has 0 saturated heterocycles. The van der Waals surface area contributed by atoms with Crippen LogP contribution in [0.2, 0.25) is 0 Å². The molecule has 0 amide bonds. The highest BCUT2D eigenvalue weighted by Gasteiger charge is 2.39. The van der Waals surface area contributed by atoms with E-state index in [0.717, 1.165) is 11.6 Å². The molecule has 0 aliphatic carbocycles. The number of halogens is 2. The summed E-state index contributed by atoms with van der Waals surface area (Å²) in [5.41, 5.74) is 0.0689. The summed E-state index contributed by atoms with van der Waals surface area (Å²) in [5, 5.41) is 9.69. The Labute approximate surface area is 121 Å². The average Bonchev–Trinajstić information content (AvgIpc) is 2.52. The van der Waals surface area contributed by atoms with E-state index < -0.39 is 17.0 Å². The van der Waals surface area contributed by atoms with E-state index in [1.165, 1.54) is 12.1 Å². The van der Waals surface area contributed by atoms with Crippen LogP contribution in [0.3, 0.4) is 0 Å². The molecule has 0 radical (unpaired) electrons. The van der Waals surface area contributed by atoms with Crippen molar-refractivity contribution >= 4 is 0 Å². The first-order valence-corrected chi connectivity index (χ1v) is 6.73. The van der Waals surface area contributed by atoms with Gasteiger partial charge in [0.25, 0.3) is 0 Å². The Morgan fingerprint density at radius 3 is 2.76 bits per heavy atom. The van der Waals surface area contributed by atoms with Crippen LogP contribution in [0.5, 0.6) is 5.75 Å². The normalized spacial score (nSPS) is 20.2. The molecule has 2 nitrogen and oxygen atoms in total. The Kier molecular flexibility index (Phi) is 3.34. The number of benzene rings is 2. The summed E-state index contributed by atoms with van der Waals surface area (Å²) in [5.74, 6) is -1.13. The molecule has 0 bridgehead atoms. The maximum absolute atomic E-state index is 13.9. The minimum absolute atomic E-state index is 0.132. The molecule has 3 rings (SSSR count). The summed E-state index contributed by atoms with van der Waals surface area (Å²) in [6.07, 6.45) is 0.587. The summed E-state index contributed by atoms with van der Waals surface area (Å²) in [6.45, 7) is 0.390. The summed E-state index contributed by atoms with van der Waals surface area (Å²) >= 11 is 0. The number of rotatable bonds is 2. The van der Waals surface area contributed by atoms with Crippen molar-refractivity contribution in [1.82, 2.24) is 0 Å². The molecule has 0 spiro atoms. The van der Waals surface area contributed by atoms with Gasteiger partial charge in [0.15, 0.2) is 11.6 Å². The van der Waals surface area contributed by atoms with Gasteiger partial charge in [-0.2, -0.15) is 5.26 Å². The second-order valence-corrected chi connectivity index (χ2v) is 5.18. The smallest absolute Gasteiger partial charge is 0.162 e. The van der Waals surface area contributed by atoms with Crippen molar-refractivity contribution in [3.63, 3.8) is 0 Å². The van der Waals surface area contributed by atoms with Crippen LogP contribution in [-0.4, -0.2) is 6.61 Å². The summed E-state index contributed by atoms with van der Waals surface area (Å²) < 4.78 is 32.9. The molecule has 1 aliphatic rings. The first-order chi connectivity index (χ1) is 10.2. The average molecular weight is 285 g/mol. The van der Waals surface area contributed by atoms with E-state index >= 15 is 0 Å². The number of fused-ring (bicyclic) bond motifs is 1. The van der Waals surface area contributed by atoms with Crippen molar-refractivity contribution in [2.24, 2.45) is 0 Å². The van der Waals surface area contributed by atoms with Gasteiger partial charge in [0.2, 0.25) is 0 Å². The molecule has 106 valence electrons. The molecule has 1 aliphatic heterocycles. The fraction of sp³-hybridized carbons (Fsp3) is 0.235. The number of nitriles is 1. The van der Waals surface area contributed by atoms with E-state index in [2.05, 4.69) is 6.07 Å². The van der Waals surface area contributed by atoms with Crippen LogP contribution < -0.4 is 4.74 Å². The molecule has 4 heteroatoms. The largest absolute Gasteiger partial charge is 0.493 e. The number of hydrogen-bond donors (Lipinski definition) is 0. The minimum atomic E-state index is -0.888. The van der Waals surface area contributed by atoms with Crippen molar-refractivity contribution in [1.29, 1.82) is 5.26 Å². The summed E-state index contributed by atoms with van der Waals surface area (Å²) in [7, 11) is 0. The van der Waals surface area contributed by atoms with Gasteiger partial charge >= 0.3 is 0 Å². The molecule has 0 fully saturated rings. The third-order valence-electron chi connectivity index (χ3n) is 3.93. The fourth-order valence-corrected chi connectivity index (χ4v) is 2.81. The third-order valence-corrected chi connectivity index (χ3v) is 3.93. The van der Waals surface area contributed by atoms with E-state index in [4.69, 9.17) is 4.74 Å². The first-order valence-electron chi connectivity index (χ1n) is 6.73. The zero-order valence-corrected chi connectivity index (χ0v) is 11.3. The highest BCUT2D eigenvalue weighted by Crippen LogP contribution is 2.41. The van der Waals surface area contributed by atoms with Crippen molar-refractivity contribution in [2.75, 3.05) is 6.61 Å². The van der Waals surface area contributed by atoms with Gasteiger partial charge in [-0.15, -0.1) is 0 Å². The number of hydrogen-bond acceptors (Lipinski definition) is 2. The van der Waals surface area contributed by atoms with E-state index in [-0.39, 0.29) is 12.0 Å². The second-order valence-electron chi connectivity index (χ2n) is 5.18. The van der Waals surface area contributed by atoms with Crippen molar-refractivity contribution in [3.05, 3.63) is 65.2 Å². The van der Waals surface area contributed by atoms with Crippen LogP contribution in [-0.2, 0) is 11.8 Å². The molecule has 0 aromatic heterocycles. The highest BCUT2D eigenvalue weighted by molar-refractivity contribution is 5.47. The van der Waals surface area contributed by atoms with E-state index in [9.17, 15) is 14.0 Å². The first kappa shape index (κ1) is 13.6. The van der Waals surface area contributed by atoms with Crippen LogP contribution in [0.25, 0.3) is 0 Å². The quantitative estimate of drug-likeness (QED) is 0.842. The lowest BCUT2D eigenvalue weighted by atomic mass is 9.73. The van der Waals surface area contributed by atoms with Crippen LogP contribution in [0.15, 0.2) is 42.5 Å². The van der Waals surface area contributed by atoms with Gasteiger partial charge in [0, 0.05) is 12.0 Å². The van der Waals surface area contributed by atoms with Crippen LogP contribution in [0.4, 0.5) is 8.78 Å². The minimum Gasteiger partial charge on any atom is -0.493 e. The molecule has 2 aromatic rings. The van der Waals surface area contributed by atoms with Gasteiger partial charge in [0.05, 0.1) is 18.1 Å². The van der Waals surface area contributed by atoms with Crippen LogP contribution >= 0.6 is 0 Å². The lowest BCUT2D eigenvalue weighted by Crippen LogP contribution is -2.34. The Morgan fingerprint density at radius 1 is 1.14 bits per heavy atom. The zero-order chi connectivity index (χ0) is 14.9. The Bertz CT molecular complexity index is 723. The summed E-state index contributed by atoms with van der Waals surface area (Å²) in [4.78, 5) is 0. The van der Waals surface area contributed by atoms with Gasteiger partial charge in [-0.25, -0.2) is 8.78 Å². The molecule has 1 unspecified atom stereocenters. The van der Waals surface area contributed by atoms with Crippen molar-refractivity contribution in [3.8, 4) is 11.8 Å². The lowest BCUT2D eigenvalue weighted by molar-refractivity contribution is 0.240. The summed E-state index contributed by atoms with van der Waals surface area (Å²) in [6, 6.07) is 13.6. The molecule has 1 atom stereocenters. The van der Waals surface area contributed by atoms with Crippen molar-refractivity contribution < 1.29 is 13.5 Å². The Morgan fingerprint density at radius 2 is 1.95 bits per heavy atom. The monoisotopic (exact) mass is 285 g/mol. The molecule has 1 heterocycles. The predicted octanol–water partition coefficient (Wildman–Crippen LogP) is 3.75. The number of nitrogens with zero attached hydrogens (tertiary/aromatic N) is 1. The highest BCUT2D eigenvalue weighted by atomic mass is 19.2.